The second-order valence-electron chi connectivity index (χ2n) is 6.57. The first-order valence-electron chi connectivity index (χ1n) is 11.6. The molecule has 0 bridgehead atoms. The van der Waals surface area contributed by atoms with Gasteiger partial charge in [-0.1, -0.05) is 82.3 Å². The van der Waals surface area contributed by atoms with Gasteiger partial charge in [0.05, 0.1) is 4.90 Å². The predicted molar refractivity (Wildman–Crippen MR) is 144 cm³/mol. The zero-order chi connectivity index (χ0) is 27.6. The van der Waals surface area contributed by atoms with Gasteiger partial charge in [-0.2, -0.15) is 4.72 Å². The van der Waals surface area contributed by atoms with Crippen molar-refractivity contribution in [3.63, 3.8) is 0 Å². The van der Waals surface area contributed by atoms with Gasteiger partial charge < -0.3 is 9.84 Å². The first kappa shape index (κ1) is 32.5. The molecule has 0 aliphatic carbocycles. The summed E-state index contributed by atoms with van der Waals surface area (Å²) in [5.41, 5.74) is 2.08. The Kier molecular flexibility index (Phi) is 16.1. The number of rotatable bonds is 8. The maximum Gasteiger partial charge on any atom is 0.318 e. The quantitative estimate of drug-likeness (QED) is 0.325. The molecule has 3 aromatic carbocycles. The molecule has 2 N–H and O–H groups in total. The van der Waals surface area contributed by atoms with E-state index in [-0.39, 0.29) is 17.3 Å². The molecule has 0 fully saturated rings. The van der Waals surface area contributed by atoms with Gasteiger partial charge in [-0.25, -0.2) is 12.8 Å². The first-order chi connectivity index (χ1) is 17.3. The molecule has 196 valence electrons. The van der Waals surface area contributed by atoms with Crippen LogP contribution in [0.4, 0.5) is 4.39 Å². The molecular weight excluding hydrogens is 481 g/mol. The van der Waals surface area contributed by atoms with Gasteiger partial charge in [0.25, 0.3) is 0 Å². The molecule has 0 heterocycles. The van der Waals surface area contributed by atoms with E-state index in [0.29, 0.717) is 11.1 Å². The van der Waals surface area contributed by atoms with E-state index >= 15 is 0 Å². The third-order valence-electron chi connectivity index (χ3n) is 4.08. The fourth-order valence-corrected chi connectivity index (χ4v) is 3.57. The summed E-state index contributed by atoms with van der Waals surface area (Å²) in [7, 11) is -3.93. The smallest absolute Gasteiger partial charge is 0.318 e. The normalized spacial score (nSPS) is 9.72. The Morgan fingerprint density at radius 1 is 0.972 bits per heavy atom. The van der Waals surface area contributed by atoms with Crippen LogP contribution >= 0.6 is 0 Å². The molecular formula is C28H36FNO5S. The fraction of sp³-hybridized carbons (Fsp3) is 0.250. The highest BCUT2D eigenvalue weighted by molar-refractivity contribution is 7.89. The van der Waals surface area contributed by atoms with Crippen molar-refractivity contribution in [2.24, 2.45) is 0 Å². The SMILES string of the molecule is C=CC.CC.CC.O=C(O)CNS(=O)(=O)c1ccc(-c2ccc(OCc3ccccc3)c(F)c2)cc1. The van der Waals surface area contributed by atoms with Crippen LogP contribution < -0.4 is 9.46 Å². The molecule has 0 unspecified atom stereocenters. The summed E-state index contributed by atoms with van der Waals surface area (Å²) >= 11 is 0. The highest BCUT2D eigenvalue weighted by Gasteiger charge is 2.15. The van der Waals surface area contributed by atoms with Gasteiger partial charge >= 0.3 is 5.97 Å². The molecule has 0 aliphatic heterocycles. The summed E-state index contributed by atoms with van der Waals surface area (Å²) in [5.74, 6) is -1.69. The largest absolute Gasteiger partial charge is 0.486 e. The molecule has 0 saturated heterocycles. The number of aliphatic carboxylic acids is 1. The van der Waals surface area contributed by atoms with Crippen molar-refractivity contribution >= 4 is 16.0 Å². The summed E-state index contributed by atoms with van der Waals surface area (Å²) in [5, 5.41) is 8.60. The Morgan fingerprint density at radius 3 is 2.00 bits per heavy atom. The zero-order valence-corrected chi connectivity index (χ0v) is 22.3. The Bertz CT molecular complexity index is 1150. The number of carboxylic acid groups (broad SMARTS) is 1. The van der Waals surface area contributed by atoms with Crippen molar-refractivity contribution in [1.82, 2.24) is 4.72 Å². The average Bonchev–Trinajstić information content (AvgIpc) is 2.90. The van der Waals surface area contributed by atoms with Crippen molar-refractivity contribution < 1.29 is 27.4 Å². The molecule has 0 amide bonds. The lowest BCUT2D eigenvalue weighted by molar-refractivity contribution is -0.135. The van der Waals surface area contributed by atoms with Crippen molar-refractivity contribution in [3.8, 4) is 16.9 Å². The Balaban J connectivity index is 0.00000159. The van der Waals surface area contributed by atoms with Gasteiger partial charge in [-0.15, -0.1) is 6.58 Å². The third-order valence-corrected chi connectivity index (χ3v) is 5.50. The highest BCUT2D eigenvalue weighted by Crippen LogP contribution is 2.27. The van der Waals surface area contributed by atoms with Crippen LogP contribution in [-0.2, 0) is 21.4 Å². The molecule has 3 rings (SSSR count). The lowest BCUT2D eigenvalue weighted by Crippen LogP contribution is -2.29. The maximum absolute atomic E-state index is 14.4. The minimum absolute atomic E-state index is 0.0780. The van der Waals surface area contributed by atoms with Crippen molar-refractivity contribution in [1.29, 1.82) is 0 Å². The van der Waals surface area contributed by atoms with E-state index < -0.39 is 28.4 Å². The van der Waals surface area contributed by atoms with Crippen LogP contribution in [0.3, 0.4) is 0 Å². The van der Waals surface area contributed by atoms with E-state index in [4.69, 9.17) is 9.84 Å². The Hall–Kier alpha value is -3.49. The number of benzene rings is 3. The van der Waals surface area contributed by atoms with Crippen LogP contribution in [0.25, 0.3) is 11.1 Å². The molecule has 0 spiro atoms. The number of carboxylic acids is 1. The Morgan fingerprint density at radius 2 is 1.50 bits per heavy atom. The predicted octanol–water partition coefficient (Wildman–Crippen LogP) is 6.68. The average molecular weight is 518 g/mol. The van der Waals surface area contributed by atoms with E-state index in [0.717, 1.165) is 5.56 Å². The van der Waals surface area contributed by atoms with Crippen LogP contribution in [-0.4, -0.2) is 26.0 Å². The highest BCUT2D eigenvalue weighted by atomic mass is 32.2. The monoisotopic (exact) mass is 517 g/mol. The number of hydrogen-bond acceptors (Lipinski definition) is 4. The van der Waals surface area contributed by atoms with Gasteiger partial charge in [0.15, 0.2) is 11.6 Å². The van der Waals surface area contributed by atoms with Crippen LogP contribution in [0, 0.1) is 5.82 Å². The molecule has 3 aromatic rings. The molecule has 0 saturated carbocycles. The summed E-state index contributed by atoms with van der Waals surface area (Å²) < 4.78 is 45.9. The van der Waals surface area contributed by atoms with Crippen molar-refractivity contribution in [2.75, 3.05) is 6.54 Å². The number of sulfonamides is 1. The zero-order valence-electron chi connectivity index (χ0n) is 21.5. The topological polar surface area (TPSA) is 92.7 Å². The third kappa shape index (κ3) is 11.3. The van der Waals surface area contributed by atoms with E-state index in [1.165, 1.54) is 36.4 Å². The summed E-state index contributed by atoms with van der Waals surface area (Å²) in [6.07, 6.45) is 1.75. The van der Waals surface area contributed by atoms with Crippen LogP contribution in [0.15, 0.2) is 90.3 Å². The van der Waals surface area contributed by atoms with E-state index in [1.54, 1.807) is 12.1 Å². The number of allylic oxidation sites excluding steroid dienone is 1. The molecule has 8 heteroatoms. The molecule has 0 aromatic heterocycles. The number of hydrogen-bond donors (Lipinski definition) is 2. The van der Waals surface area contributed by atoms with Gasteiger partial charge in [0.2, 0.25) is 10.0 Å². The maximum atomic E-state index is 14.4. The van der Waals surface area contributed by atoms with Gasteiger partial charge in [-0.05, 0) is 47.9 Å². The van der Waals surface area contributed by atoms with Gasteiger partial charge in [0, 0.05) is 0 Å². The lowest BCUT2D eigenvalue weighted by atomic mass is 10.1. The molecule has 0 radical (unpaired) electrons. The minimum atomic E-state index is -3.93. The van der Waals surface area contributed by atoms with Crippen molar-refractivity contribution in [3.05, 3.63) is 96.8 Å². The first-order valence-corrected chi connectivity index (χ1v) is 13.1. The molecule has 0 aliphatic rings. The van der Waals surface area contributed by atoms with E-state index in [9.17, 15) is 17.6 Å². The lowest BCUT2D eigenvalue weighted by Gasteiger charge is -2.10. The summed E-state index contributed by atoms with van der Waals surface area (Å²) in [4.78, 5) is 10.5. The number of ether oxygens (including phenoxy) is 1. The van der Waals surface area contributed by atoms with Crippen LogP contribution in [0.5, 0.6) is 5.75 Å². The number of nitrogens with one attached hydrogen (secondary N) is 1. The number of carbonyl (C=O) groups is 1. The summed E-state index contributed by atoms with van der Waals surface area (Å²) in [6.45, 7) is 12.8. The van der Waals surface area contributed by atoms with Gasteiger partial charge in [-0.3, -0.25) is 4.79 Å². The fourth-order valence-electron chi connectivity index (χ4n) is 2.60. The van der Waals surface area contributed by atoms with E-state index in [2.05, 4.69) is 6.58 Å². The van der Waals surface area contributed by atoms with E-state index in [1.807, 2.05) is 69.7 Å². The Labute approximate surface area is 214 Å². The second kappa shape index (κ2) is 17.9. The minimum Gasteiger partial charge on any atom is -0.486 e. The van der Waals surface area contributed by atoms with Gasteiger partial charge in [0.1, 0.15) is 13.2 Å². The second-order valence-corrected chi connectivity index (χ2v) is 8.34. The van der Waals surface area contributed by atoms with Crippen LogP contribution in [0.1, 0.15) is 40.2 Å². The van der Waals surface area contributed by atoms with Crippen molar-refractivity contribution in [2.45, 2.75) is 46.1 Å². The molecule has 36 heavy (non-hydrogen) atoms. The molecule has 6 nitrogen and oxygen atoms in total. The van der Waals surface area contributed by atoms with Crippen LogP contribution in [0.2, 0.25) is 0 Å². The summed E-state index contributed by atoms with van der Waals surface area (Å²) in [6, 6.07) is 19.6. The number of halogens is 1. The standard InChI is InChI=1S/C21H18FNO5S.C3H6.2C2H6/c22-19-12-17(8-11-20(19)28-14-15-4-2-1-3-5-15)16-6-9-18(10-7-16)29(26,27)23-13-21(24)25;1-3-2;2*1-2/h1-12,23H,13-14H2,(H,24,25);3H,1H2,2H3;2*1-2H3. The molecule has 0 atom stereocenters.